The van der Waals surface area contributed by atoms with Gasteiger partial charge in [-0.05, 0) is 64.5 Å². The molecule has 0 saturated heterocycles. The van der Waals surface area contributed by atoms with Gasteiger partial charge in [0.25, 0.3) is 0 Å². The Morgan fingerprint density at radius 3 is 2.67 bits per heavy atom. The van der Waals surface area contributed by atoms with Crippen LogP contribution in [0.3, 0.4) is 0 Å². The molecule has 0 aliphatic heterocycles. The summed E-state index contributed by atoms with van der Waals surface area (Å²) in [6.45, 7) is 0. The first-order valence-electron chi connectivity index (χ1n) is 7.06. The fourth-order valence-corrected chi connectivity index (χ4v) is 3.45. The van der Waals surface area contributed by atoms with Crippen LogP contribution in [0.2, 0.25) is 0 Å². The molecule has 2 aromatic carbocycles. The maximum atomic E-state index is 5.66. The predicted octanol–water partition coefficient (Wildman–Crippen LogP) is 4.05. The number of aryl methyl sites for hydroxylation is 1. The summed E-state index contributed by atoms with van der Waals surface area (Å²) in [7, 11) is 0. The van der Waals surface area contributed by atoms with Gasteiger partial charge in [-0.15, -0.1) is 0 Å². The quantitative estimate of drug-likeness (QED) is 0.810. The lowest BCUT2D eigenvalue weighted by Gasteiger charge is -2.27. The van der Waals surface area contributed by atoms with E-state index in [1.165, 1.54) is 11.1 Å². The monoisotopic (exact) mass is 360 g/mol. The molecule has 3 rings (SSSR count). The van der Waals surface area contributed by atoms with E-state index in [0.29, 0.717) is 11.0 Å². The average molecular weight is 361 g/mol. The lowest BCUT2D eigenvalue weighted by atomic mass is 9.88. The van der Waals surface area contributed by atoms with Crippen molar-refractivity contribution in [3.63, 3.8) is 0 Å². The third kappa shape index (κ3) is 3.27. The van der Waals surface area contributed by atoms with Crippen LogP contribution in [0.25, 0.3) is 0 Å². The first-order valence-corrected chi connectivity index (χ1v) is 8.26. The minimum Gasteiger partial charge on any atom is -0.389 e. The largest absolute Gasteiger partial charge is 0.389 e. The summed E-state index contributed by atoms with van der Waals surface area (Å²) < 4.78 is 1.01. The van der Waals surface area contributed by atoms with E-state index in [1.54, 1.807) is 0 Å². The zero-order valence-corrected chi connectivity index (χ0v) is 14.0. The third-order valence-electron chi connectivity index (χ3n) is 3.96. The molecule has 2 nitrogen and oxygen atoms in total. The second-order valence-electron chi connectivity index (χ2n) is 5.41. The highest BCUT2D eigenvalue weighted by Gasteiger charge is 2.18. The first kappa shape index (κ1) is 14.5. The minimum atomic E-state index is 0.425. The summed E-state index contributed by atoms with van der Waals surface area (Å²) >= 11 is 8.60. The molecule has 0 spiro atoms. The topological polar surface area (TPSA) is 38.0 Å². The highest BCUT2D eigenvalue weighted by atomic mass is 79.9. The van der Waals surface area contributed by atoms with Gasteiger partial charge in [-0.25, -0.2) is 0 Å². The maximum absolute atomic E-state index is 5.66. The Kier molecular flexibility index (Phi) is 4.27. The van der Waals surface area contributed by atoms with Gasteiger partial charge in [0.1, 0.15) is 4.99 Å². The number of nitrogens with one attached hydrogen (secondary N) is 1. The molecule has 0 fully saturated rings. The molecule has 1 unspecified atom stereocenters. The van der Waals surface area contributed by atoms with Gasteiger partial charge < -0.3 is 11.1 Å². The SMILES string of the molecule is NC(=S)c1ccc(NC2CCc3ccccc3C2)c(Br)c1. The summed E-state index contributed by atoms with van der Waals surface area (Å²) in [5.41, 5.74) is 10.6. The van der Waals surface area contributed by atoms with E-state index in [4.69, 9.17) is 18.0 Å². The van der Waals surface area contributed by atoms with E-state index in [1.807, 2.05) is 18.2 Å². The van der Waals surface area contributed by atoms with Gasteiger partial charge in [-0.3, -0.25) is 0 Å². The number of anilines is 1. The Morgan fingerprint density at radius 1 is 1.19 bits per heavy atom. The second kappa shape index (κ2) is 6.16. The van der Waals surface area contributed by atoms with Gasteiger partial charge in [-0.1, -0.05) is 36.5 Å². The third-order valence-corrected chi connectivity index (χ3v) is 4.85. The van der Waals surface area contributed by atoms with Crippen molar-refractivity contribution in [2.24, 2.45) is 5.73 Å². The van der Waals surface area contributed by atoms with Gasteiger partial charge in [0.05, 0.1) is 0 Å². The molecule has 4 heteroatoms. The van der Waals surface area contributed by atoms with Gasteiger partial charge >= 0.3 is 0 Å². The van der Waals surface area contributed by atoms with E-state index in [9.17, 15) is 0 Å². The van der Waals surface area contributed by atoms with E-state index < -0.39 is 0 Å². The fraction of sp³-hybridized carbons (Fsp3) is 0.235. The van der Waals surface area contributed by atoms with Crippen molar-refractivity contribution in [3.8, 4) is 0 Å². The van der Waals surface area contributed by atoms with Crippen LogP contribution in [0.4, 0.5) is 5.69 Å². The molecule has 2 aromatic rings. The predicted molar refractivity (Wildman–Crippen MR) is 95.9 cm³/mol. The maximum Gasteiger partial charge on any atom is 0.104 e. The van der Waals surface area contributed by atoms with Crippen LogP contribution in [-0.2, 0) is 12.8 Å². The lowest BCUT2D eigenvalue weighted by Crippen LogP contribution is -2.27. The number of fused-ring (bicyclic) bond motifs is 1. The van der Waals surface area contributed by atoms with Crippen molar-refractivity contribution >= 4 is 38.8 Å². The van der Waals surface area contributed by atoms with Crippen LogP contribution in [0, 0.1) is 0 Å². The number of hydrogen-bond acceptors (Lipinski definition) is 2. The summed E-state index contributed by atoms with van der Waals surface area (Å²) in [6, 6.07) is 15.2. The van der Waals surface area contributed by atoms with Crippen LogP contribution >= 0.6 is 28.1 Å². The summed E-state index contributed by atoms with van der Waals surface area (Å²) in [4.78, 5) is 0.425. The van der Waals surface area contributed by atoms with Gasteiger partial charge in [0.2, 0.25) is 0 Å². The molecule has 0 aromatic heterocycles. The number of halogens is 1. The van der Waals surface area contributed by atoms with Crippen molar-refractivity contribution in [2.75, 3.05) is 5.32 Å². The molecule has 1 aliphatic rings. The van der Waals surface area contributed by atoms with E-state index in [2.05, 4.69) is 45.5 Å². The molecule has 0 radical (unpaired) electrons. The molecule has 1 aliphatic carbocycles. The Balaban J connectivity index is 1.75. The zero-order chi connectivity index (χ0) is 14.8. The van der Waals surface area contributed by atoms with E-state index in [0.717, 1.165) is 35.0 Å². The first-order chi connectivity index (χ1) is 10.1. The molecule has 1 atom stereocenters. The van der Waals surface area contributed by atoms with Crippen molar-refractivity contribution in [1.82, 2.24) is 0 Å². The van der Waals surface area contributed by atoms with Crippen molar-refractivity contribution in [2.45, 2.75) is 25.3 Å². The highest BCUT2D eigenvalue weighted by molar-refractivity contribution is 9.10. The Bertz CT molecular complexity index is 684. The number of benzene rings is 2. The number of rotatable bonds is 3. The second-order valence-corrected chi connectivity index (χ2v) is 6.71. The van der Waals surface area contributed by atoms with Crippen molar-refractivity contribution in [3.05, 3.63) is 63.6 Å². The molecule has 0 saturated carbocycles. The molecule has 21 heavy (non-hydrogen) atoms. The minimum absolute atomic E-state index is 0.425. The van der Waals surface area contributed by atoms with Crippen LogP contribution < -0.4 is 11.1 Å². The molecule has 108 valence electrons. The summed E-state index contributed by atoms with van der Waals surface area (Å²) in [6.07, 6.45) is 3.36. The van der Waals surface area contributed by atoms with Gasteiger partial charge in [0.15, 0.2) is 0 Å². The van der Waals surface area contributed by atoms with Crippen LogP contribution in [0.5, 0.6) is 0 Å². The smallest absolute Gasteiger partial charge is 0.104 e. The standard InChI is InChI=1S/C17H17BrN2S/c18-15-10-13(17(19)21)6-8-16(15)20-14-7-5-11-3-1-2-4-12(11)9-14/h1-4,6,8,10,14,20H,5,7,9H2,(H2,19,21). The highest BCUT2D eigenvalue weighted by Crippen LogP contribution is 2.28. The van der Waals surface area contributed by atoms with Crippen LogP contribution in [0.1, 0.15) is 23.1 Å². The Morgan fingerprint density at radius 2 is 1.95 bits per heavy atom. The molecule has 0 heterocycles. The van der Waals surface area contributed by atoms with E-state index in [-0.39, 0.29) is 0 Å². The molecule has 0 amide bonds. The molecular weight excluding hydrogens is 344 g/mol. The van der Waals surface area contributed by atoms with Gasteiger partial charge in [-0.2, -0.15) is 0 Å². The lowest BCUT2D eigenvalue weighted by molar-refractivity contribution is 0.610. The summed E-state index contributed by atoms with van der Waals surface area (Å²) in [5.74, 6) is 0. The number of thiocarbonyl (C=S) groups is 1. The summed E-state index contributed by atoms with van der Waals surface area (Å²) in [5, 5.41) is 3.63. The average Bonchev–Trinajstić information content (AvgIpc) is 2.49. The normalized spacial score (nSPS) is 17.1. The van der Waals surface area contributed by atoms with E-state index >= 15 is 0 Å². The van der Waals surface area contributed by atoms with Crippen LogP contribution in [-0.4, -0.2) is 11.0 Å². The zero-order valence-electron chi connectivity index (χ0n) is 11.6. The van der Waals surface area contributed by atoms with Crippen molar-refractivity contribution < 1.29 is 0 Å². The van der Waals surface area contributed by atoms with Crippen molar-refractivity contribution in [1.29, 1.82) is 0 Å². The number of nitrogens with two attached hydrogens (primary N) is 1. The number of hydrogen-bond donors (Lipinski definition) is 2. The molecular formula is C17H17BrN2S. The van der Waals surface area contributed by atoms with Gasteiger partial charge in [0, 0.05) is 21.8 Å². The Hall–Kier alpha value is -1.39. The molecule has 3 N–H and O–H groups in total. The Labute approximate surface area is 138 Å². The van der Waals surface area contributed by atoms with Crippen LogP contribution in [0.15, 0.2) is 46.9 Å². The fourth-order valence-electron chi connectivity index (χ4n) is 2.83. The molecule has 0 bridgehead atoms.